The zero-order chi connectivity index (χ0) is 10.8. The number of allylic oxidation sites excluding steroid dienone is 1. The first-order chi connectivity index (χ1) is 6.70. The largest absolute Gasteiger partial charge is 0.373 e. The summed E-state index contributed by atoms with van der Waals surface area (Å²) < 4.78 is 5.72. The van der Waals surface area contributed by atoms with Gasteiger partial charge in [-0.1, -0.05) is 39.3 Å². The van der Waals surface area contributed by atoms with Crippen molar-refractivity contribution in [2.75, 3.05) is 13.2 Å². The van der Waals surface area contributed by atoms with Crippen LogP contribution in [0.5, 0.6) is 0 Å². The van der Waals surface area contributed by atoms with E-state index in [1.165, 1.54) is 6.42 Å². The molecule has 0 aromatic rings. The highest BCUT2D eigenvalue weighted by molar-refractivity contribution is 4.77. The minimum Gasteiger partial charge on any atom is -0.373 e. The number of hydrogen-bond donors (Lipinski definition) is 1. The standard InChI is InChI=1S/C12H25NO/c1-5-7-9-14-12(8-6-2)10-13-11(3)4/h5,7,11-13H,6,8-10H2,1-4H3/b7-5+. The first-order valence-electron chi connectivity index (χ1n) is 5.66. The lowest BCUT2D eigenvalue weighted by molar-refractivity contribution is 0.0655. The summed E-state index contributed by atoms with van der Waals surface area (Å²) in [5, 5.41) is 3.41. The van der Waals surface area contributed by atoms with Crippen molar-refractivity contribution in [2.45, 2.75) is 52.7 Å². The Kier molecular flexibility index (Phi) is 9.00. The third-order valence-electron chi connectivity index (χ3n) is 2.03. The summed E-state index contributed by atoms with van der Waals surface area (Å²) >= 11 is 0. The van der Waals surface area contributed by atoms with E-state index in [0.29, 0.717) is 12.1 Å². The van der Waals surface area contributed by atoms with E-state index in [1.807, 2.05) is 13.0 Å². The van der Waals surface area contributed by atoms with Crippen LogP contribution >= 0.6 is 0 Å². The molecule has 2 nitrogen and oxygen atoms in total. The lowest BCUT2D eigenvalue weighted by Crippen LogP contribution is -2.33. The molecule has 0 amide bonds. The Balaban J connectivity index is 3.65. The van der Waals surface area contributed by atoms with Crippen LogP contribution in [0.1, 0.15) is 40.5 Å². The molecular weight excluding hydrogens is 174 g/mol. The molecule has 0 heterocycles. The molecule has 14 heavy (non-hydrogen) atoms. The van der Waals surface area contributed by atoms with Crippen molar-refractivity contribution in [1.29, 1.82) is 0 Å². The fraction of sp³-hybridized carbons (Fsp3) is 0.833. The highest BCUT2D eigenvalue weighted by atomic mass is 16.5. The van der Waals surface area contributed by atoms with Crippen LogP contribution < -0.4 is 5.32 Å². The lowest BCUT2D eigenvalue weighted by atomic mass is 10.2. The molecule has 0 aliphatic heterocycles. The number of hydrogen-bond acceptors (Lipinski definition) is 2. The van der Waals surface area contributed by atoms with Crippen molar-refractivity contribution in [3.8, 4) is 0 Å². The molecule has 0 rings (SSSR count). The molecule has 0 saturated carbocycles. The molecule has 1 atom stereocenters. The minimum atomic E-state index is 0.360. The van der Waals surface area contributed by atoms with Crippen molar-refractivity contribution in [3.05, 3.63) is 12.2 Å². The van der Waals surface area contributed by atoms with Crippen LogP contribution in [-0.2, 0) is 4.74 Å². The Morgan fingerprint density at radius 2 is 2.07 bits per heavy atom. The predicted molar refractivity (Wildman–Crippen MR) is 62.6 cm³/mol. The summed E-state index contributed by atoms with van der Waals surface area (Å²) in [5.74, 6) is 0. The molecule has 1 unspecified atom stereocenters. The van der Waals surface area contributed by atoms with Gasteiger partial charge in [0.15, 0.2) is 0 Å². The Bertz CT molecular complexity index is 143. The van der Waals surface area contributed by atoms with Crippen molar-refractivity contribution in [3.63, 3.8) is 0 Å². The molecule has 84 valence electrons. The monoisotopic (exact) mass is 199 g/mol. The van der Waals surface area contributed by atoms with Gasteiger partial charge in [0.25, 0.3) is 0 Å². The molecule has 0 aliphatic rings. The van der Waals surface area contributed by atoms with Gasteiger partial charge in [-0.2, -0.15) is 0 Å². The fourth-order valence-electron chi connectivity index (χ4n) is 1.22. The van der Waals surface area contributed by atoms with E-state index < -0.39 is 0 Å². The second-order valence-corrected chi connectivity index (χ2v) is 3.88. The molecule has 0 saturated heterocycles. The molecule has 0 aromatic heterocycles. The average Bonchev–Trinajstić information content (AvgIpc) is 2.14. The molecule has 0 fully saturated rings. The van der Waals surface area contributed by atoms with Gasteiger partial charge in [0.2, 0.25) is 0 Å². The summed E-state index contributed by atoms with van der Waals surface area (Å²) in [6.07, 6.45) is 6.76. The van der Waals surface area contributed by atoms with Crippen LogP contribution in [0.3, 0.4) is 0 Å². The Morgan fingerprint density at radius 1 is 1.36 bits per heavy atom. The van der Waals surface area contributed by atoms with E-state index >= 15 is 0 Å². The summed E-state index contributed by atoms with van der Waals surface area (Å²) in [6, 6.07) is 0.541. The van der Waals surface area contributed by atoms with Crippen molar-refractivity contribution < 1.29 is 4.74 Å². The van der Waals surface area contributed by atoms with Crippen molar-refractivity contribution in [1.82, 2.24) is 5.32 Å². The van der Waals surface area contributed by atoms with Crippen LogP contribution in [0.2, 0.25) is 0 Å². The SMILES string of the molecule is C/C=C/COC(CCC)CNC(C)C. The topological polar surface area (TPSA) is 21.3 Å². The van der Waals surface area contributed by atoms with Gasteiger partial charge >= 0.3 is 0 Å². The zero-order valence-corrected chi connectivity index (χ0v) is 10.0. The summed E-state index contributed by atoms with van der Waals surface area (Å²) in [6.45, 7) is 10.2. The number of nitrogens with one attached hydrogen (secondary N) is 1. The second kappa shape index (κ2) is 9.22. The van der Waals surface area contributed by atoms with Gasteiger partial charge in [-0.05, 0) is 13.3 Å². The first-order valence-corrected chi connectivity index (χ1v) is 5.66. The normalized spacial score (nSPS) is 14.1. The van der Waals surface area contributed by atoms with Gasteiger partial charge in [-0.25, -0.2) is 0 Å². The highest BCUT2D eigenvalue weighted by Crippen LogP contribution is 2.01. The van der Waals surface area contributed by atoms with Gasteiger partial charge < -0.3 is 10.1 Å². The average molecular weight is 199 g/mol. The maximum Gasteiger partial charge on any atom is 0.0703 e. The lowest BCUT2D eigenvalue weighted by Gasteiger charge is -2.18. The predicted octanol–water partition coefficient (Wildman–Crippen LogP) is 2.75. The summed E-state index contributed by atoms with van der Waals surface area (Å²) in [5.41, 5.74) is 0. The zero-order valence-electron chi connectivity index (χ0n) is 10.0. The molecule has 0 bridgehead atoms. The molecule has 1 N–H and O–H groups in total. The van der Waals surface area contributed by atoms with Crippen LogP contribution in [0.15, 0.2) is 12.2 Å². The van der Waals surface area contributed by atoms with Crippen molar-refractivity contribution >= 4 is 0 Å². The Morgan fingerprint density at radius 3 is 2.57 bits per heavy atom. The second-order valence-electron chi connectivity index (χ2n) is 3.88. The van der Waals surface area contributed by atoms with E-state index in [1.54, 1.807) is 0 Å². The van der Waals surface area contributed by atoms with Crippen LogP contribution in [0.25, 0.3) is 0 Å². The van der Waals surface area contributed by atoms with Gasteiger partial charge in [-0.3, -0.25) is 0 Å². The van der Waals surface area contributed by atoms with E-state index in [0.717, 1.165) is 19.6 Å². The Labute approximate surface area is 88.7 Å². The van der Waals surface area contributed by atoms with Crippen LogP contribution in [0, 0.1) is 0 Å². The molecular formula is C12H25NO. The first kappa shape index (κ1) is 13.7. The van der Waals surface area contributed by atoms with E-state index in [9.17, 15) is 0 Å². The molecule has 0 aromatic carbocycles. The summed E-state index contributed by atoms with van der Waals surface area (Å²) in [4.78, 5) is 0. The van der Waals surface area contributed by atoms with E-state index in [-0.39, 0.29) is 0 Å². The smallest absolute Gasteiger partial charge is 0.0703 e. The number of rotatable bonds is 8. The molecule has 2 heteroatoms. The van der Waals surface area contributed by atoms with Crippen LogP contribution in [0.4, 0.5) is 0 Å². The third-order valence-corrected chi connectivity index (χ3v) is 2.03. The Hall–Kier alpha value is -0.340. The van der Waals surface area contributed by atoms with Gasteiger partial charge in [0, 0.05) is 12.6 Å². The molecule has 0 aliphatic carbocycles. The summed E-state index contributed by atoms with van der Waals surface area (Å²) in [7, 11) is 0. The highest BCUT2D eigenvalue weighted by Gasteiger charge is 2.07. The quantitative estimate of drug-likeness (QED) is 0.607. The third kappa shape index (κ3) is 8.27. The maximum atomic E-state index is 5.72. The minimum absolute atomic E-state index is 0.360. The van der Waals surface area contributed by atoms with E-state index in [4.69, 9.17) is 4.74 Å². The molecule has 0 spiro atoms. The van der Waals surface area contributed by atoms with Gasteiger partial charge in [-0.15, -0.1) is 0 Å². The van der Waals surface area contributed by atoms with Gasteiger partial charge in [0.05, 0.1) is 12.7 Å². The molecule has 0 radical (unpaired) electrons. The number of ether oxygens (including phenoxy) is 1. The van der Waals surface area contributed by atoms with Gasteiger partial charge in [0.1, 0.15) is 0 Å². The van der Waals surface area contributed by atoms with E-state index in [2.05, 4.69) is 32.2 Å². The van der Waals surface area contributed by atoms with Crippen LogP contribution in [-0.4, -0.2) is 25.3 Å². The van der Waals surface area contributed by atoms with Crippen molar-refractivity contribution in [2.24, 2.45) is 0 Å². The fourth-order valence-corrected chi connectivity index (χ4v) is 1.22. The maximum absolute atomic E-state index is 5.72.